The normalized spacial score (nSPS) is 11.7. The van der Waals surface area contributed by atoms with Crippen molar-refractivity contribution in [3.8, 4) is 68.3 Å². The monoisotopic (exact) mass is 992 g/mol. The van der Waals surface area contributed by atoms with Crippen LogP contribution in [0.25, 0.3) is 88.9 Å². The van der Waals surface area contributed by atoms with Gasteiger partial charge in [0.1, 0.15) is 34.6 Å². The highest BCUT2D eigenvalue weighted by molar-refractivity contribution is 7.91. The number of aryl methyl sites for hydroxylation is 2. The van der Waals surface area contributed by atoms with Crippen LogP contribution in [0.2, 0.25) is 0 Å². The second-order valence-corrected chi connectivity index (χ2v) is 20.5. The molecule has 0 N–H and O–H groups in total. The molecule has 5 aromatic heterocycles. The Kier molecular flexibility index (Phi) is 11.1. The van der Waals surface area contributed by atoms with Gasteiger partial charge in [0.25, 0.3) is 0 Å². The molecule has 75 heavy (non-hydrogen) atoms. The second-order valence-electron chi connectivity index (χ2n) is 18.6. The first-order chi connectivity index (χ1) is 36.7. The summed E-state index contributed by atoms with van der Waals surface area (Å²) in [4.78, 5) is 19.6. The van der Waals surface area contributed by atoms with Crippen LogP contribution in [-0.2, 0) is 9.84 Å². The van der Waals surface area contributed by atoms with Gasteiger partial charge in [-0.15, -0.1) is 0 Å². The maximum atomic E-state index is 14.4. The van der Waals surface area contributed by atoms with Crippen molar-refractivity contribution in [2.24, 2.45) is 0 Å². The van der Waals surface area contributed by atoms with Gasteiger partial charge in [-0.05, 0) is 145 Å². The first-order valence-corrected chi connectivity index (χ1v) is 26.0. The molecule has 0 amide bonds. The summed E-state index contributed by atoms with van der Waals surface area (Å²) >= 11 is 0. The molecule has 0 aliphatic rings. The van der Waals surface area contributed by atoms with Crippen molar-refractivity contribution in [1.82, 2.24) is 29.1 Å². The van der Waals surface area contributed by atoms with E-state index in [-0.39, 0.29) is 9.79 Å². The third kappa shape index (κ3) is 8.40. The number of para-hydroxylation sites is 2. The molecular formula is C64H44N6O4S. The smallest absolute Gasteiger partial charge is 0.206 e. The van der Waals surface area contributed by atoms with E-state index in [0.29, 0.717) is 39.9 Å². The van der Waals surface area contributed by atoms with Crippen molar-refractivity contribution in [1.29, 1.82) is 0 Å². The Morgan fingerprint density at radius 2 is 0.827 bits per heavy atom. The number of fused-ring (bicyclic) bond motifs is 6. The van der Waals surface area contributed by atoms with Crippen LogP contribution >= 0.6 is 0 Å². The molecule has 0 saturated carbocycles. The Morgan fingerprint density at radius 1 is 0.360 bits per heavy atom. The van der Waals surface area contributed by atoms with Crippen LogP contribution in [0.4, 0.5) is 0 Å². The Hall–Kier alpha value is -9.71. The number of pyridine rings is 2. The average molecular weight is 993 g/mol. The van der Waals surface area contributed by atoms with Crippen LogP contribution in [0, 0.1) is 13.8 Å². The third-order valence-electron chi connectivity index (χ3n) is 13.5. The largest absolute Gasteiger partial charge is 0.457 e. The van der Waals surface area contributed by atoms with Crippen LogP contribution < -0.4 is 9.47 Å². The summed E-state index contributed by atoms with van der Waals surface area (Å²) in [5, 5.41) is 4.32. The second kappa shape index (κ2) is 18.4. The van der Waals surface area contributed by atoms with Gasteiger partial charge >= 0.3 is 0 Å². The van der Waals surface area contributed by atoms with Crippen molar-refractivity contribution in [2.75, 3.05) is 0 Å². The van der Waals surface area contributed by atoms with E-state index < -0.39 is 9.84 Å². The van der Waals surface area contributed by atoms with E-state index in [4.69, 9.17) is 29.4 Å². The van der Waals surface area contributed by atoms with Crippen molar-refractivity contribution in [2.45, 2.75) is 23.6 Å². The number of hydrogen-bond donors (Lipinski definition) is 0. The minimum Gasteiger partial charge on any atom is -0.457 e. The SMILES string of the molecule is Cc1ccnc(-n2c3ccccc3c3ccc(Oc4cc(-c5ccccc5)cc(-c5cnc(-c6cc(Oc7ccc8c9ccccc9n(-c9cc(C)ccn9)c8c7)cc(S(=O)(=O)c7ccccc7)c6)cn5)c4)cc32)c1. The summed E-state index contributed by atoms with van der Waals surface area (Å²) in [5.74, 6) is 3.71. The maximum absolute atomic E-state index is 14.4. The van der Waals surface area contributed by atoms with Crippen LogP contribution in [0.15, 0.2) is 241 Å². The summed E-state index contributed by atoms with van der Waals surface area (Å²) in [6, 6.07) is 66.3. The molecule has 5 heterocycles. The standard InChI is InChI=1S/C64H44N6O4S/c1-41-25-27-65-63(29-41)69-59-19-11-9-17-53(59)55-23-21-47(37-61(55)69)73-49-32-44(43-13-5-3-6-14-43)31-45(33-49)57-39-68-58(40-67-57)46-34-50(36-52(35-46)75(71,72)51-15-7-4-8-16-51)74-48-22-24-56-54-18-10-12-20-60(54)70(62(56)38-48)64-30-42(2)26-28-66-64/h3-40H,1-2H3. The topological polar surface area (TPSA) is 114 Å². The van der Waals surface area contributed by atoms with Gasteiger partial charge in [-0.3, -0.25) is 19.1 Å². The van der Waals surface area contributed by atoms with E-state index in [1.165, 1.54) is 0 Å². The highest BCUT2D eigenvalue weighted by Gasteiger charge is 2.22. The van der Waals surface area contributed by atoms with E-state index in [9.17, 15) is 8.42 Å². The van der Waals surface area contributed by atoms with Crippen LogP contribution in [-0.4, -0.2) is 37.5 Å². The first kappa shape index (κ1) is 45.2. The van der Waals surface area contributed by atoms with Crippen LogP contribution in [0.5, 0.6) is 23.0 Å². The Balaban J connectivity index is 0.880. The van der Waals surface area contributed by atoms with Gasteiger partial charge in [0.15, 0.2) is 0 Å². The minimum atomic E-state index is -3.99. The summed E-state index contributed by atoms with van der Waals surface area (Å²) in [7, 11) is -3.99. The van der Waals surface area contributed by atoms with Crippen LogP contribution in [0.1, 0.15) is 11.1 Å². The predicted molar refractivity (Wildman–Crippen MR) is 297 cm³/mol. The predicted octanol–water partition coefficient (Wildman–Crippen LogP) is 15.5. The fraction of sp³-hybridized carbons (Fsp3) is 0.0312. The Labute approximate surface area is 432 Å². The zero-order valence-corrected chi connectivity index (χ0v) is 41.5. The lowest BCUT2D eigenvalue weighted by Crippen LogP contribution is -2.03. The van der Waals surface area contributed by atoms with Gasteiger partial charge < -0.3 is 9.47 Å². The van der Waals surface area contributed by atoms with Crippen LogP contribution in [0.3, 0.4) is 0 Å². The average Bonchev–Trinajstić information content (AvgIpc) is 3.95. The number of ether oxygens (including phenoxy) is 2. The molecule has 0 saturated heterocycles. The van der Waals surface area contributed by atoms with E-state index in [1.807, 2.05) is 104 Å². The minimum absolute atomic E-state index is 0.0530. The third-order valence-corrected chi connectivity index (χ3v) is 15.3. The zero-order chi connectivity index (χ0) is 50.6. The molecule has 10 nitrogen and oxygen atoms in total. The highest BCUT2D eigenvalue weighted by Crippen LogP contribution is 2.40. The van der Waals surface area contributed by atoms with Gasteiger partial charge in [-0.1, -0.05) is 84.9 Å². The number of rotatable bonds is 11. The number of benzene rings is 8. The zero-order valence-electron chi connectivity index (χ0n) is 40.7. The fourth-order valence-corrected chi connectivity index (χ4v) is 11.3. The number of aromatic nitrogens is 6. The van der Waals surface area contributed by atoms with Gasteiger partial charge in [0.2, 0.25) is 9.84 Å². The lowest BCUT2D eigenvalue weighted by Gasteiger charge is -2.14. The van der Waals surface area contributed by atoms with Gasteiger partial charge in [-0.25, -0.2) is 18.4 Å². The summed E-state index contributed by atoms with van der Waals surface area (Å²) in [6.07, 6.45) is 7.01. The number of sulfone groups is 1. The molecule has 11 heteroatoms. The summed E-state index contributed by atoms with van der Waals surface area (Å²) in [5.41, 5.74) is 10.4. The van der Waals surface area contributed by atoms with E-state index >= 15 is 0 Å². The molecule has 0 atom stereocenters. The molecule has 0 aliphatic heterocycles. The molecule has 0 radical (unpaired) electrons. The molecule has 0 spiro atoms. The van der Waals surface area contributed by atoms with E-state index in [0.717, 1.165) is 83.1 Å². The van der Waals surface area contributed by atoms with E-state index in [1.54, 1.807) is 60.9 Å². The van der Waals surface area contributed by atoms with Crippen molar-refractivity contribution in [3.05, 3.63) is 242 Å². The molecule has 13 aromatic rings. The van der Waals surface area contributed by atoms with Crippen molar-refractivity contribution >= 4 is 53.4 Å². The maximum Gasteiger partial charge on any atom is 0.206 e. The molecule has 8 aromatic carbocycles. The fourth-order valence-electron chi connectivity index (χ4n) is 9.98. The number of nitrogens with zero attached hydrogens (tertiary/aromatic N) is 6. The molecule has 0 bridgehead atoms. The van der Waals surface area contributed by atoms with Gasteiger partial charge in [-0.2, -0.15) is 0 Å². The van der Waals surface area contributed by atoms with Gasteiger partial charge in [0, 0.05) is 57.2 Å². The summed E-state index contributed by atoms with van der Waals surface area (Å²) in [6.45, 7) is 4.11. The quantitative estimate of drug-likeness (QED) is 0.126. The van der Waals surface area contributed by atoms with Crippen molar-refractivity contribution < 1.29 is 17.9 Å². The Bertz CT molecular complexity index is 4460. The molecule has 13 rings (SSSR count). The summed E-state index contributed by atoms with van der Waals surface area (Å²) < 4.78 is 46.4. The lowest BCUT2D eigenvalue weighted by atomic mass is 10.0. The van der Waals surface area contributed by atoms with Gasteiger partial charge in [0.05, 0.1) is 55.6 Å². The number of hydrogen-bond acceptors (Lipinski definition) is 8. The lowest BCUT2D eigenvalue weighted by molar-refractivity contribution is 0.481. The first-order valence-electron chi connectivity index (χ1n) is 24.5. The van der Waals surface area contributed by atoms with E-state index in [2.05, 4.69) is 88.9 Å². The molecule has 0 fully saturated rings. The molecule has 0 unspecified atom stereocenters. The molecule has 0 aliphatic carbocycles. The Morgan fingerprint density at radius 3 is 1.36 bits per heavy atom. The highest BCUT2D eigenvalue weighted by atomic mass is 32.2. The molecular weight excluding hydrogens is 949 g/mol. The van der Waals surface area contributed by atoms with Crippen molar-refractivity contribution in [3.63, 3.8) is 0 Å². The molecule has 360 valence electrons.